The fourth-order valence-corrected chi connectivity index (χ4v) is 1.85. The predicted molar refractivity (Wildman–Crippen MR) is 74.6 cm³/mol. The third kappa shape index (κ3) is 3.52. The molecule has 0 amide bonds. The van der Waals surface area contributed by atoms with E-state index in [2.05, 4.69) is 4.98 Å². The lowest BCUT2D eigenvalue weighted by Crippen LogP contribution is -1.96. The molecule has 0 aliphatic rings. The number of hydrogen-bond acceptors (Lipinski definition) is 2. The zero-order chi connectivity index (χ0) is 13.0. The van der Waals surface area contributed by atoms with E-state index in [1.807, 2.05) is 18.2 Å². The van der Waals surface area contributed by atoms with Crippen LogP contribution >= 0.6 is 34.8 Å². The van der Waals surface area contributed by atoms with Crippen molar-refractivity contribution < 1.29 is 4.74 Å². The number of benzene rings is 1. The summed E-state index contributed by atoms with van der Waals surface area (Å²) in [6, 6.07) is 9.07. The van der Waals surface area contributed by atoms with E-state index in [9.17, 15) is 0 Å². The molecule has 0 atom stereocenters. The summed E-state index contributed by atoms with van der Waals surface area (Å²) in [7, 11) is 0. The molecular weight excluding hydrogens is 293 g/mol. The van der Waals surface area contributed by atoms with Crippen LogP contribution in [-0.4, -0.2) is 4.98 Å². The Morgan fingerprint density at radius 2 is 1.89 bits per heavy atom. The lowest BCUT2D eigenvalue weighted by molar-refractivity contribution is 0.305. The van der Waals surface area contributed by atoms with E-state index in [0.717, 1.165) is 11.3 Å². The third-order valence-electron chi connectivity index (χ3n) is 2.32. The van der Waals surface area contributed by atoms with Gasteiger partial charge in [0.1, 0.15) is 12.4 Å². The van der Waals surface area contributed by atoms with Gasteiger partial charge in [-0.05, 0) is 29.8 Å². The van der Waals surface area contributed by atoms with Crippen molar-refractivity contribution in [3.05, 3.63) is 57.8 Å². The van der Waals surface area contributed by atoms with Gasteiger partial charge in [0, 0.05) is 0 Å². The molecular formula is C13H10Cl3NO. The van der Waals surface area contributed by atoms with E-state index in [-0.39, 0.29) is 0 Å². The van der Waals surface area contributed by atoms with Gasteiger partial charge in [-0.25, -0.2) is 0 Å². The molecule has 0 saturated carbocycles. The molecule has 1 heterocycles. The number of rotatable bonds is 4. The van der Waals surface area contributed by atoms with E-state index in [0.29, 0.717) is 28.3 Å². The summed E-state index contributed by atoms with van der Waals surface area (Å²) in [5.41, 5.74) is 1.77. The first-order valence-electron chi connectivity index (χ1n) is 5.26. The molecule has 0 aliphatic carbocycles. The Kier molecular flexibility index (Phi) is 4.70. The topological polar surface area (TPSA) is 22.1 Å². The fraction of sp³-hybridized carbons (Fsp3) is 0.154. The van der Waals surface area contributed by atoms with E-state index in [1.165, 1.54) is 0 Å². The highest BCUT2D eigenvalue weighted by molar-refractivity contribution is 6.42. The van der Waals surface area contributed by atoms with Crippen LogP contribution in [0.4, 0.5) is 0 Å². The van der Waals surface area contributed by atoms with Crippen LogP contribution in [0.25, 0.3) is 0 Å². The van der Waals surface area contributed by atoms with Gasteiger partial charge in [0.15, 0.2) is 0 Å². The molecule has 2 rings (SSSR count). The summed E-state index contributed by atoms with van der Waals surface area (Å²) in [6.45, 7) is 0.415. The maximum absolute atomic E-state index is 5.92. The molecule has 0 unspecified atom stereocenters. The van der Waals surface area contributed by atoms with Crippen LogP contribution in [0.15, 0.2) is 36.5 Å². The van der Waals surface area contributed by atoms with E-state index in [4.69, 9.17) is 39.5 Å². The average molecular weight is 303 g/mol. The van der Waals surface area contributed by atoms with Gasteiger partial charge in [-0.2, -0.15) is 0 Å². The first-order valence-corrected chi connectivity index (χ1v) is 6.55. The average Bonchev–Trinajstić information content (AvgIpc) is 2.41. The van der Waals surface area contributed by atoms with E-state index < -0.39 is 0 Å². The van der Waals surface area contributed by atoms with Crippen LogP contribution in [0, 0.1) is 0 Å². The number of pyridine rings is 1. The van der Waals surface area contributed by atoms with Crippen LogP contribution in [0.3, 0.4) is 0 Å². The third-order valence-corrected chi connectivity index (χ3v) is 3.34. The van der Waals surface area contributed by atoms with Gasteiger partial charge in [-0.1, -0.05) is 29.3 Å². The first kappa shape index (κ1) is 13.5. The molecule has 0 N–H and O–H groups in total. The number of nitrogens with zero attached hydrogens (tertiary/aromatic N) is 1. The lowest BCUT2D eigenvalue weighted by Gasteiger charge is -2.07. The molecule has 2 aromatic rings. The zero-order valence-corrected chi connectivity index (χ0v) is 11.6. The highest BCUT2D eigenvalue weighted by atomic mass is 35.5. The highest BCUT2D eigenvalue weighted by Gasteiger charge is 2.01. The second kappa shape index (κ2) is 6.28. The Morgan fingerprint density at radius 1 is 1.06 bits per heavy atom. The summed E-state index contributed by atoms with van der Waals surface area (Å²) < 4.78 is 5.58. The molecule has 0 radical (unpaired) electrons. The number of hydrogen-bond donors (Lipinski definition) is 0. The van der Waals surface area contributed by atoms with Crippen molar-refractivity contribution in [3.8, 4) is 5.75 Å². The molecule has 1 aromatic heterocycles. The van der Waals surface area contributed by atoms with Crippen LogP contribution in [0.1, 0.15) is 11.3 Å². The molecule has 0 fully saturated rings. The van der Waals surface area contributed by atoms with Crippen molar-refractivity contribution in [2.75, 3.05) is 0 Å². The Balaban J connectivity index is 1.99. The van der Waals surface area contributed by atoms with Crippen molar-refractivity contribution in [1.29, 1.82) is 0 Å². The number of halogens is 3. The Hall–Kier alpha value is -0.960. The normalized spacial score (nSPS) is 10.4. The fourth-order valence-electron chi connectivity index (χ4n) is 1.37. The smallest absolute Gasteiger partial charge is 0.138 e. The molecule has 5 heteroatoms. The lowest BCUT2D eigenvalue weighted by atomic mass is 10.2. The van der Waals surface area contributed by atoms with Crippen molar-refractivity contribution in [2.24, 2.45) is 0 Å². The summed E-state index contributed by atoms with van der Waals surface area (Å²) in [6.07, 6.45) is 1.65. The molecule has 94 valence electrons. The van der Waals surface area contributed by atoms with Gasteiger partial charge >= 0.3 is 0 Å². The summed E-state index contributed by atoms with van der Waals surface area (Å²) in [5, 5.41) is 1.06. The Morgan fingerprint density at radius 3 is 2.50 bits per heavy atom. The highest BCUT2D eigenvalue weighted by Crippen LogP contribution is 2.23. The van der Waals surface area contributed by atoms with Crippen molar-refractivity contribution in [1.82, 2.24) is 4.98 Å². The summed E-state index contributed by atoms with van der Waals surface area (Å²) in [4.78, 5) is 4.14. The zero-order valence-electron chi connectivity index (χ0n) is 9.37. The van der Waals surface area contributed by atoms with Crippen LogP contribution in [-0.2, 0) is 12.5 Å². The molecule has 1 aromatic carbocycles. The Bertz CT molecular complexity index is 528. The molecule has 2 nitrogen and oxygen atoms in total. The second-order valence-corrected chi connectivity index (χ2v) is 4.74. The van der Waals surface area contributed by atoms with E-state index >= 15 is 0 Å². The summed E-state index contributed by atoms with van der Waals surface area (Å²) in [5.74, 6) is 1.09. The largest absolute Gasteiger partial charge is 0.487 e. The monoisotopic (exact) mass is 301 g/mol. The second-order valence-electron chi connectivity index (χ2n) is 3.66. The first-order chi connectivity index (χ1) is 8.69. The van der Waals surface area contributed by atoms with Crippen molar-refractivity contribution in [2.45, 2.75) is 12.5 Å². The minimum absolute atomic E-state index is 0.396. The Labute approximate surface area is 120 Å². The van der Waals surface area contributed by atoms with Crippen LogP contribution in [0.5, 0.6) is 5.75 Å². The molecule has 0 aliphatic heterocycles. The quantitative estimate of drug-likeness (QED) is 0.763. The minimum Gasteiger partial charge on any atom is -0.487 e. The van der Waals surface area contributed by atoms with E-state index in [1.54, 1.807) is 18.3 Å². The minimum atomic E-state index is 0.396. The maximum atomic E-state index is 5.92. The van der Waals surface area contributed by atoms with Gasteiger partial charge in [0.2, 0.25) is 0 Å². The SMILES string of the molecule is ClCc1ccc(OCc2ccc(Cl)c(Cl)c2)cn1. The predicted octanol–water partition coefficient (Wildman–Crippen LogP) is 4.71. The summed E-state index contributed by atoms with van der Waals surface area (Å²) >= 11 is 17.4. The van der Waals surface area contributed by atoms with Gasteiger partial charge in [-0.15, -0.1) is 11.6 Å². The van der Waals surface area contributed by atoms with Gasteiger partial charge < -0.3 is 4.74 Å². The molecule has 0 bridgehead atoms. The van der Waals surface area contributed by atoms with Crippen molar-refractivity contribution in [3.63, 3.8) is 0 Å². The van der Waals surface area contributed by atoms with Gasteiger partial charge in [-0.3, -0.25) is 4.98 Å². The number of ether oxygens (including phenoxy) is 1. The number of alkyl halides is 1. The molecule has 0 spiro atoms. The van der Waals surface area contributed by atoms with Crippen LogP contribution in [0.2, 0.25) is 10.0 Å². The maximum Gasteiger partial charge on any atom is 0.138 e. The standard InChI is InChI=1S/C13H10Cl3NO/c14-6-10-2-3-11(7-17-10)18-8-9-1-4-12(15)13(16)5-9/h1-5,7H,6,8H2. The molecule has 18 heavy (non-hydrogen) atoms. The van der Waals surface area contributed by atoms with Gasteiger partial charge in [0.05, 0.1) is 27.8 Å². The molecule has 0 saturated heterocycles. The van der Waals surface area contributed by atoms with Gasteiger partial charge in [0.25, 0.3) is 0 Å². The van der Waals surface area contributed by atoms with Crippen molar-refractivity contribution >= 4 is 34.8 Å². The number of aromatic nitrogens is 1. The van der Waals surface area contributed by atoms with Crippen LogP contribution < -0.4 is 4.74 Å².